The molecule has 1 aliphatic heterocycles. The first-order valence-corrected chi connectivity index (χ1v) is 8.68. The minimum Gasteiger partial charge on any atom is -0.349 e. The molecule has 1 N–H and O–H groups in total. The molecule has 1 heterocycles. The highest BCUT2D eigenvalue weighted by Gasteiger charge is 2.28. The van der Waals surface area contributed by atoms with Gasteiger partial charge in [0.1, 0.15) is 0 Å². The second-order valence-electron chi connectivity index (χ2n) is 5.63. The zero-order valence-corrected chi connectivity index (χ0v) is 12.4. The van der Waals surface area contributed by atoms with Crippen molar-refractivity contribution in [3.63, 3.8) is 0 Å². The molecule has 108 valence electrons. The van der Waals surface area contributed by atoms with Gasteiger partial charge in [0, 0.05) is 24.7 Å². The molecule has 0 spiro atoms. The Morgan fingerprint density at radius 3 is 2.63 bits per heavy atom. The molecule has 1 saturated carbocycles. The standard InChI is InChI=1S/C13H22N2O3S/c1-10-5-3-4-6-12(10)14-13(16)11-7-8-15(9-11)19(2,17)18/h7,10,12H,3-6,8-9H2,1-2H3,(H,14,16)/t10-,12+/m0/s1. The van der Waals surface area contributed by atoms with Crippen molar-refractivity contribution >= 4 is 15.9 Å². The highest BCUT2D eigenvalue weighted by Crippen LogP contribution is 2.24. The molecule has 1 aliphatic carbocycles. The molecule has 6 heteroatoms. The maximum Gasteiger partial charge on any atom is 0.248 e. The Hall–Kier alpha value is -0.880. The fourth-order valence-corrected chi connectivity index (χ4v) is 3.46. The van der Waals surface area contributed by atoms with E-state index in [1.54, 1.807) is 6.08 Å². The van der Waals surface area contributed by atoms with Gasteiger partial charge in [0.25, 0.3) is 0 Å². The highest BCUT2D eigenvalue weighted by molar-refractivity contribution is 7.88. The van der Waals surface area contributed by atoms with Crippen LogP contribution in [0.2, 0.25) is 0 Å². The SMILES string of the molecule is C[C@H]1CCCC[C@H]1NC(=O)C1=CCN(S(C)(=O)=O)C1. The summed E-state index contributed by atoms with van der Waals surface area (Å²) in [4.78, 5) is 12.1. The Bertz CT molecular complexity index is 484. The van der Waals surface area contributed by atoms with Crippen LogP contribution in [0.4, 0.5) is 0 Å². The molecule has 19 heavy (non-hydrogen) atoms. The average molecular weight is 286 g/mol. The Balaban J connectivity index is 1.91. The van der Waals surface area contributed by atoms with Crippen molar-refractivity contribution < 1.29 is 13.2 Å². The van der Waals surface area contributed by atoms with Gasteiger partial charge in [0.05, 0.1) is 6.26 Å². The number of rotatable bonds is 3. The summed E-state index contributed by atoms with van der Waals surface area (Å²) in [5, 5.41) is 3.05. The van der Waals surface area contributed by atoms with E-state index in [-0.39, 0.29) is 18.5 Å². The van der Waals surface area contributed by atoms with Crippen molar-refractivity contribution in [1.82, 2.24) is 9.62 Å². The van der Waals surface area contributed by atoms with Crippen LogP contribution in [0.25, 0.3) is 0 Å². The van der Waals surface area contributed by atoms with Crippen LogP contribution in [0.15, 0.2) is 11.6 Å². The van der Waals surface area contributed by atoms with Crippen molar-refractivity contribution in [3.8, 4) is 0 Å². The molecule has 1 amide bonds. The highest BCUT2D eigenvalue weighted by atomic mass is 32.2. The lowest BCUT2D eigenvalue weighted by Crippen LogP contribution is -2.42. The van der Waals surface area contributed by atoms with Crippen molar-refractivity contribution in [3.05, 3.63) is 11.6 Å². The van der Waals surface area contributed by atoms with Gasteiger partial charge in [0.2, 0.25) is 15.9 Å². The lowest BCUT2D eigenvalue weighted by molar-refractivity contribution is -0.118. The first kappa shape index (κ1) is 14.5. The summed E-state index contributed by atoms with van der Waals surface area (Å²) in [5.41, 5.74) is 0.572. The summed E-state index contributed by atoms with van der Waals surface area (Å²) in [7, 11) is -3.21. The largest absolute Gasteiger partial charge is 0.349 e. The molecule has 0 bridgehead atoms. The molecule has 2 rings (SSSR count). The van der Waals surface area contributed by atoms with Crippen molar-refractivity contribution in [1.29, 1.82) is 0 Å². The summed E-state index contributed by atoms with van der Waals surface area (Å²) in [6.45, 7) is 2.67. The van der Waals surface area contributed by atoms with Gasteiger partial charge in [-0.2, -0.15) is 4.31 Å². The maximum absolute atomic E-state index is 12.1. The zero-order chi connectivity index (χ0) is 14.0. The zero-order valence-electron chi connectivity index (χ0n) is 11.6. The third kappa shape index (κ3) is 3.57. The van der Waals surface area contributed by atoms with Crippen LogP contribution in [0.5, 0.6) is 0 Å². The van der Waals surface area contributed by atoms with Crippen LogP contribution in [0.1, 0.15) is 32.6 Å². The molecular weight excluding hydrogens is 264 g/mol. The number of carbonyl (C=O) groups is 1. The van der Waals surface area contributed by atoms with E-state index < -0.39 is 10.0 Å². The van der Waals surface area contributed by atoms with E-state index >= 15 is 0 Å². The molecule has 2 atom stereocenters. The number of hydrogen-bond acceptors (Lipinski definition) is 3. The van der Waals surface area contributed by atoms with E-state index in [0.29, 0.717) is 18.0 Å². The predicted molar refractivity (Wildman–Crippen MR) is 74.1 cm³/mol. The van der Waals surface area contributed by atoms with Crippen LogP contribution in [-0.2, 0) is 14.8 Å². The first-order chi connectivity index (χ1) is 8.88. The smallest absolute Gasteiger partial charge is 0.248 e. The van der Waals surface area contributed by atoms with Crippen molar-refractivity contribution in [2.75, 3.05) is 19.3 Å². The Labute approximate surface area is 115 Å². The number of carbonyl (C=O) groups excluding carboxylic acids is 1. The molecular formula is C13H22N2O3S. The van der Waals surface area contributed by atoms with Gasteiger partial charge >= 0.3 is 0 Å². The topological polar surface area (TPSA) is 66.5 Å². The second kappa shape index (κ2) is 5.63. The molecule has 1 fully saturated rings. The molecule has 0 aromatic heterocycles. The van der Waals surface area contributed by atoms with Gasteiger partial charge in [-0.25, -0.2) is 8.42 Å². The van der Waals surface area contributed by atoms with Crippen LogP contribution >= 0.6 is 0 Å². The van der Waals surface area contributed by atoms with Crippen LogP contribution in [-0.4, -0.2) is 44.0 Å². The summed E-state index contributed by atoms with van der Waals surface area (Å²) < 4.78 is 24.1. The Kier molecular flexibility index (Phi) is 4.30. The maximum atomic E-state index is 12.1. The minimum atomic E-state index is -3.21. The summed E-state index contributed by atoms with van der Waals surface area (Å²) >= 11 is 0. The van der Waals surface area contributed by atoms with E-state index in [2.05, 4.69) is 12.2 Å². The van der Waals surface area contributed by atoms with Gasteiger partial charge in [0.15, 0.2) is 0 Å². The number of sulfonamides is 1. The second-order valence-corrected chi connectivity index (χ2v) is 7.61. The quantitative estimate of drug-likeness (QED) is 0.837. The van der Waals surface area contributed by atoms with Gasteiger partial charge in [-0.1, -0.05) is 25.8 Å². The summed E-state index contributed by atoms with van der Waals surface area (Å²) in [6, 6.07) is 0.231. The number of hydrogen-bond donors (Lipinski definition) is 1. The third-order valence-electron chi connectivity index (χ3n) is 4.08. The van der Waals surface area contributed by atoms with E-state index in [1.807, 2.05) is 0 Å². The van der Waals surface area contributed by atoms with E-state index in [0.717, 1.165) is 19.3 Å². The fourth-order valence-electron chi connectivity index (χ4n) is 2.74. The van der Waals surface area contributed by atoms with Crippen LogP contribution < -0.4 is 5.32 Å². The van der Waals surface area contributed by atoms with Gasteiger partial charge in [-0.3, -0.25) is 4.79 Å². The van der Waals surface area contributed by atoms with Crippen molar-refractivity contribution in [2.24, 2.45) is 5.92 Å². The molecule has 0 saturated heterocycles. The van der Waals surface area contributed by atoms with Gasteiger partial charge in [-0.05, 0) is 18.8 Å². The first-order valence-electron chi connectivity index (χ1n) is 6.83. The number of nitrogens with zero attached hydrogens (tertiary/aromatic N) is 1. The summed E-state index contributed by atoms with van der Waals surface area (Å²) in [5.74, 6) is 0.399. The van der Waals surface area contributed by atoms with E-state index in [4.69, 9.17) is 0 Å². The monoisotopic (exact) mass is 286 g/mol. The molecule has 0 aromatic carbocycles. The third-order valence-corrected chi connectivity index (χ3v) is 5.29. The molecule has 0 aromatic rings. The number of amides is 1. The molecule has 5 nitrogen and oxygen atoms in total. The lowest BCUT2D eigenvalue weighted by Gasteiger charge is -2.29. The Morgan fingerprint density at radius 2 is 2.05 bits per heavy atom. The molecule has 0 unspecified atom stereocenters. The Morgan fingerprint density at radius 1 is 1.37 bits per heavy atom. The van der Waals surface area contributed by atoms with Crippen molar-refractivity contribution in [2.45, 2.75) is 38.6 Å². The normalized spacial score (nSPS) is 29.1. The van der Waals surface area contributed by atoms with Gasteiger partial charge in [-0.15, -0.1) is 0 Å². The van der Waals surface area contributed by atoms with Crippen LogP contribution in [0, 0.1) is 5.92 Å². The molecule has 0 radical (unpaired) electrons. The lowest BCUT2D eigenvalue weighted by atomic mass is 9.86. The van der Waals surface area contributed by atoms with Crippen LogP contribution in [0.3, 0.4) is 0 Å². The minimum absolute atomic E-state index is 0.107. The summed E-state index contributed by atoms with van der Waals surface area (Å²) in [6.07, 6.45) is 7.45. The van der Waals surface area contributed by atoms with E-state index in [9.17, 15) is 13.2 Å². The molecule has 2 aliphatic rings. The van der Waals surface area contributed by atoms with E-state index in [1.165, 1.54) is 17.0 Å². The number of nitrogens with one attached hydrogen (secondary N) is 1. The predicted octanol–water partition coefficient (Wildman–Crippen LogP) is 0.883. The van der Waals surface area contributed by atoms with Gasteiger partial charge < -0.3 is 5.32 Å². The average Bonchev–Trinajstić information content (AvgIpc) is 2.81. The fraction of sp³-hybridized carbons (Fsp3) is 0.769.